The molecule has 1 fully saturated rings. The summed E-state index contributed by atoms with van der Waals surface area (Å²) in [5, 5.41) is 14.7. The number of benzene rings is 1. The summed E-state index contributed by atoms with van der Waals surface area (Å²) in [4.78, 5) is 4.71. The van der Waals surface area contributed by atoms with E-state index in [1.165, 1.54) is 0 Å². The maximum absolute atomic E-state index is 10.0. The Morgan fingerprint density at radius 2 is 2.29 bits per heavy atom. The molecule has 0 amide bonds. The van der Waals surface area contributed by atoms with Gasteiger partial charge in [-0.1, -0.05) is 6.07 Å². The van der Waals surface area contributed by atoms with Crippen LogP contribution in [0, 0.1) is 5.92 Å². The Balaban J connectivity index is 1.90. The first-order valence-corrected chi connectivity index (χ1v) is 9.44. The zero-order valence-corrected chi connectivity index (χ0v) is 14.8. The molecule has 2 atom stereocenters. The summed E-state index contributed by atoms with van der Waals surface area (Å²) in [5.41, 5.74) is 0.917. The monoisotopic (exact) mass is 349 g/mol. The minimum Gasteiger partial charge on any atom is -0.497 e. The first-order chi connectivity index (χ1) is 11.7. The number of aromatic nitrogens is 3. The topological polar surface area (TPSA) is 69.4 Å². The SMILES string of the molecule is COc1cccc(-n2nc(CCSC)nc2C[C@@H]2COC[C@H]2O)c1. The summed E-state index contributed by atoms with van der Waals surface area (Å²) in [6.07, 6.45) is 3.11. The number of aliphatic hydroxyl groups is 1. The normalized spacial score (nSPS) is 20.5. The van der Waals surface area contributed by atoms with Gasteiger partial charge in [0.05, 0.1) is 32.1 Å². The van der Waals surface area contributed by atoms with E-state index in [1.807, 2.05) is 28.9 Å². The second-order valence-corrected chi connectivity index (χ2v) is 6.85. The average Bonchev–Trinajstić information content (AvgIpc) is 3.20. The number of nitrogens with zero attached hydrogens (tertiary/aromatic N) is 3. The Labute approximate surface area is 146 Å². The maximum Gasteiger partial charge on any atom is 0.152 e. The molecule has 2 aromatic rings. The van der Waals surface area contributed by atoms with Crippen LogP contribution < -0.4 is 4.74 Å². The van der Waals surface area contributed by atoms with E-state index in [0.717, 1.165) is 35.3 Å². The van der Waals surface area contributed by atoms with E-state index >= 15 is 0 Å². The standard InChI is InChI=1S/C17H23N3O3S/c1-22-14-5-3-4-13(9-14)20-17(8-12-10-23-11-15(12)21)18-16(19-20)6-7-24-2/h3-5,9,12,15,21H,6-8,10-11H2,1-2H3/t12-,15-/m1/s1. The van der Waals surface area contributed by atoms with E-state index in [2.05, 4.69) is 11.4 Å². The fraction of sp³-hybridized carbons (Fsp3) is 0.529. The summed E-state index contributed by atoms with van der Waals surface area (Å²) in [5.74, 6) is 3.51. The van der Waals surface area contributed by atoms with Crippen molar-refractivity contribution in [3.05, 3.63) is 35.9 Å². The van der Waals surface area contributed by atoms with Crippen LogP contribution in [0.2, 0.25) is 0 Å². The fourth-order valence-corrected chi connectivity index (χ4v) is 3.18. The molecule has 1 aliphatic rings. The van der Waals surface area contributed by atoms with Gasteiger partial charge < -0.3 is 14.6 Å². The second kappa shape index (κ2) is 8.00. The molecule has 24 heavy (non-hydrogen) atoms. The molecule has 0 bridgehead atoms. The largest absolute Gasteiger partial charge is 0.497 e. The molecule has 0 spiro atoms. The third kappa shape index (κ3) is 3.91. The highest BCUT2D eigenvalue weighted by molar-refractivity contribution is 7.98. The first-order valence-electron chi connectivity index (χ1n) is 8.05. The number of rotatable bonds is 7. The molecule has 1 aromatic heterocycles. The zero-order valence-electron chi connectivity index (χ0n) is 14.0. The fourth-order valence-electron chi connectivity index (χ4n) is 2.79. The molecule has 2 heterocycles. The lowest BCUT2D eigenvalue weighted by Gasteiger charge is -2.13. The van der Waals surface area contributed by atoms with Crippen molar-refractivity contribution in [3.8, 4) is 11.4 Å². The lowest BCUT2D eigenvalue weighted by molar-refractivity contribution is 0.118. The van der Waals surface area contributed by atoms with Crippen molar-refractivity contribution in [1.29, 1.82) is 0 Å². The smallest absolute Gasteiger partial charge is 0.152 e. The molecule has 3 rings (SSSR count). The van der Waals surface area contributed by atoms with E-state index in [9.17, 15) is 5.11 Å². The van der Waals surface area contributed by atoms with Crippen molar-refractivity contribution in [2.75, 3.05) is 32.3 Å². The van der Waals surface area contributed by atoms with Gasteiger partial charge in [0.25, 0.3) is 0 Å². The first kappa shape index (κ1) is 17.3. The lowest BCUT2D eigenvalue weighted by Crippen LogP contribution is -2.21. The number of aliphatic hydroxyl groups excluding tert-OH is 1. The Morgan fingerprint density at radius 3 is 3.00 bits per heavy atom. The predicted molar refractivity (Wildman–Crippen MR) is 94.0 cm³/mol. The van der Waals surface area contributed by atoms with E-state index in [0.29, 0.717) is 19.6 Å². The van der Waals surface area contributed by atoms with Crippen molar-refractivity contribution in [2.24, 2.45) is 5.92 Å². The molecule has 1 aromatic carbocycles. The number of hydrogen-bond acceptors (Lipinski definition) is 6. The molecule has 1 aliphatic heterocycles. The van der Waals surface area contributed by atoms with Crippen molar-refractivity contribution >= 4 is 11.8 Å². The summed E-state index contributed by atoms with van der Waals surface area (Å²) in [7, 11) is 1.65. The molecule has 0 saturated carbocycles. The quantitative estimate of drug-likeness (QED) is 0.821. The van der Waals surface area contributed by atoms with Gasteiger partial charge in [0.1, 0.15) is 11.6 Å². The number of aryl methyl sites for hydroxylation is 1. The summed E-state index contributed by atoms with van der Waals surface area (Å²) in [6, 6.07) is 7.77. The zero-order chi connectivity index (χ0) is 16.9. The molecule has 0 radical (unpaired) electrons. The van der Waals surface area contributed by atoms with E-state index in [4.69, 9.17) is 14.5 Å². The highest BCUT2D eigenvalue weighted by Crippen LogP contribution is 2.22. The number of thioether (sulfide) groups is 1. The van der Waals surface area contributed by atoms with Crippen molar-refractivity contribution < 1.29 is 14.6 Å². The summed E-state index contributed by atoms with van der Waals surface area (Å²) < 4.78 is 12.5. The van der Waals surface area contributed by atoms with Gasteiger partial charge in [0.2, 0.25) is 0 Å². The minimum absolute atomic E-state index is 0.0620. The molecule has 0 unspecified atom stereocenters. The Morgan fingerprint density at radius 1 is 1.42 bits per heavy atom. The van der Waals surface area contributed by atoms with Gasteiger partial charge in [0.15, 0.2) is 5.82 Å². The molecule has 0 aliphatic carbocycles. The van der Waals surface area contributed by atoms with Crippen LogP contribution >= 0.6 is 11.8 Å². The van der Waals surface area contributed by atoms with E-state index in [1.54, 1.807) is 18.9 Å². The number of methoxy groups -OCH3 is 1. The van der Waals surface area contributed by atoms with Crippen molar-refractivity contribution in [3.63, 3.8) is 0 Å². The third-order valence-corrected chi connectivity index (χ3v) is 4.77. The predicted octanol–water partition coefficient (Wildman–Crippen LogP) is 1.73. The van der Waals surface area contributed by atoms with Crippen LogP contribution in [0.3, 0.4) is 0 Å². The molecular formula is C17H23N3O3S. The molecule has 7 heteroatoms. The number of ether oxygens (including phenoxy) is 2. The van der Waals surface area contributed by atoms with Crippen LogP contribution in [-0.2, 0) is 17.6 Å². The Hall–Kier alpha value is -1.57. The van der Waals surface area contributed by atoms with Crippen LogP contribution in [-0.4, -0.2) is 58.3 Å². The van der Waals surface area contributed by atoms with Gasteiger partial charge in [-0.05, 0) is 18.4 Å². The molecule has 130 valence electrons. The molecular weight excluding hydrogens is 326 g/mol. The van der Waals surface area contributed by atoms with Crippen LogP contribution in [0.4, 0.5) is 0 Å². The van der Waals surface area contributed by atoms with Crippen LogP contribution in [0.1, 0.15) is 11.6 Å². The van der Waals surface area contributed by atoms with Gasteiger partial charge in [-0.2, -0.15) is 16.9 Å². The third-order valence-electron chi connectivity index (χ3n) is 4.16. The summed E-state index contributed by atoms with van der Waals surface area (Å²) in [6.45, 7) is 0.962. The van der Waals surface area contributed by atoms with Gasteiger partial charge in [-0.15, -0.1) is 0 Å². The van der Waals surface area contributed by atoms with Gasteiger partial charge in [-0.25, -0.2) is 9.67 Å². The molecule has 1 N–H and O–H groups in total. The van der Waals surface area contributed by atoms with Crippen LogP contribution in [0.15, 0.2) is 24.3 Å². The Bertz CT molecular complexity index is 677. The minimum atomic E-state index is -0.435. The van der Waals surface area contributed by atoms with Crippen molar-refractivity contribution in [2.45, 2.75) is 18.9 Å². The van der Waals surface area contributed by atoms with Crippen LogP contribution in [0.25, 0.3) is 5.69 Å². The highest BCUT2D eigenvalue weighted by Gasteiger charge is 2.28. The average molecular weight is 349 g/mol. The molecule has 6 nitrogen and oxygen atoms in total. The second-order valence-electron chi connectivity index (χ2n) is 5.87. The van der Waals surface area contributed by atoms with Gasteiger partial charge in [-0.3, -0.25) is 0 Å². The molecule has 1 saturated heterocycles. The van der Waals surface area contributed by atoms with E-state index in [-0.39, 0.29) is 5.92 Å². The van der Waals surface area contributed by atoms with E-state index < -0.39 is 6.10 Å². The summed E-state index contributed by atoms with van der Waals surface area (Å²) >= 11 is 1.78. The Kier molecular flexibility index (Phi) is 5.76. The number of hydrogen-bond donors (Lipinski definition) is 1. The maximum atomic E-state index is 10.0. The van der Waals surface area contributed by atoms with Crippen LogP contribution in [0.5, 0.6) is 5.75 Å². The van der Waals surface area contributed by atoms with Gasteiger partial charge >= 0.3 is 0 Å². The lowest BCUT2D eigenvalue weighted by atomic mass is 10.0. The highest BCUT2D eigenvalue weighted by atomic mass is 32.2. The van der Waals surface area contributed by atoms with Crippen molar-refractivity contribution in [1.82, 2.24) is 14.8 Å². The van der Waals surface area contributed by atoms with Gasteiger partial charge in [0, 0.05) is 30.6 Å².